The minimum atomic E-state index is -5.17. The maximum atomic E-state index is 8.52. The van der Waals surface area contributed by atoms with Crippen LogP contribution < -0.4 is 20.4 Å². The van der Waals surface area contributed by atoms with Gasteiger partial charge in [-0.1, -0.05) is 273 Å². The van der Waals surface area contributed by atoms with E-state index in [0.717, 1.165) is 181 Å². The number of hydrogen-bond acceptors (Lipinski definition) is 21. The van der Waals surface area contributed by atoms with Crippen LogP contribution in [0.15, 0.2) is 364 Å². The largest absolute Gasteiger partial charge is 2.00 e. The van der Waals surface area contributed by atoms with Crippen molar-refractivity contribution in [2.45, 2.75) is 6.92 Å². The number of benzene rings is 8. The van der Waals surface area contributed by atoms with E-state index in [1.165, 1.54) is 0 Å². The molecule has 12 aromatic heterocycles. The third kappa shape index (κ3) is 28.6. The van der Waals surface area contributed by atoms with Crippen LogP contribution in [0.5, 0.6) is 0 Å². The predicted octanol–water partition coefficient (Wildman–Crippen LogP) is 15.8. The minimum Gasteiger partial charge on any atom is -0.759 e. The number of aliphatic hydroxyl groups is 1. The molecule has 0 aliphatic carbocycles. The smallest absolute Gasteiger partial charge is 0.759 e. The molecule has 0 aliphatic heterocycles. The van der Waals surface area contributed by atoms with Crippen LogP contribution in [-0.2, 0) is 98.7 Å². The summed E-state index contributed by atoms with van der Waals surface area (Å²) in [5.74, 6) is 0. The summed E-state index contributed by atoms with van der Waals surface area (Å²) >= 11 is 0. The van der Waals surface area contributed by atoms with Crippen molar-refractivity contribution in [3.05, 3.63) is 364 Å². The quantitative estimate of drug-likeness (QED) is 0.0341. The molecule has 12 heterocycles. The molecule has 0 amide bonds. The van der Waals surface area contributed by atoms with Gasteiger partial charge in [-0.05, 0) is 148 Å². The Hall–Kier alpha value is -13.8. The number of pyridine rings is 4. The second-order valence-corrected chi connectivity index (χ2v) is 28.5. The summed E-state index contributed by atoms with van der Waals surface area (Å²) in [4.78, 5) is 19.0. The summed E-state index contributed by atoms with van der Waals surface area (Å²) in [5.41, 5.74) is 28.2. The molecule has 130 heavy (non-hydrogen) atoms. The number of aliphatic hydroxyl groups excluding tert-OH is 1. The average Bonchev–Trinajstić information content (AvgIpc) is 1.68. The summed E-state index contributed by atoms with van der Waals surface area (Å²) in [6.07, 6.45) is 0. The molecule has 0 bridgehead atoms. The van der Waals surface area contributed by atoms with Gasteiger partial charge in [0.2, 0.25) is 0 Å². The van der Waals surface area contributed by atoms with Crippen molar-refractivity contribution in [3.8, 4) is 181 Å². The van der Waals surface area contributed by atoms with Crippen molar-refractivity contribution in [2.24, 2.45) is 0 Å². The summed E-state index contributed by atoms with van der Waals surface area (Å²) in [6.45, 7) is 1.93. The van der Waals surface area contributed by atoms with E-state index >= 15 is 0 Å². The summed E-state index contributed by atoms with van der Waals surface area (Å²) in [7, 11) is -10.3. The average molecular weight is 1970 g/mol. The molecule has 0 fully saturated rings. The fourth-order valence-corrected chi connectivity index (χ4v) is 12.4. The molecule has 0 aliphatic rings. The first kappa shape index (κ1) is 100.0. The standard InChI is InChI=1S/4C23H16N5.C2H6O.2H2O4S.H2O.4Zn/c4*1-3-8-16(9-4-1)20-14-22(27-25-20)18-12-7-13-19(24-18)23-15-21(26-28-23)17-10-5-2-6-11-17;1-2-3;2*1-5(2,3)4;;;;;/h4*1-15H,(H-,25,26,27,28);3H,2H2,1H3;2*(H2,1,2,3,4);1H2;;;;/q4*-1;;;;;4*+2/p-4. The van der Waals surface area contributed by atoms with E-state index in [2.05, 4.69) is 81.6 Å². The second kappa shape index (κ2) is 48.9. The number of nitrogens with zero attached hydrogens (tertiary/aromatic N) is 16. The predicted molar refractivity (Wildman–Crippen MR) is 474 cm³/mol. The van der Waals surface area contributed by atoms with Crippen molar-refractivity contribution >= 4 is 20.8 Å². The first-order valence-electron chi connectivity index (χ1n) is 38.4. The van der Waals surface area contributed by atoms with Crippen LogP contribution in [0.2, 0.25) is 0 Å². The number of rotatable bonds is 16. The maximum Gasteiger partial charge on any atom is 2.00 e. The van der Waals surface area contributed by atoms with Gasteiger partial charge in [-0.2, -0.15) is 20.4 Å². The SMILES string of the molecule is CCO.O.O=S(=O)([O-])[O-].O=S(=O)([O-])[O-].[Zn+2].[Zn+2].[Zn+2].[Zn+2].c1ccc(-c2cc(-c3cccc(-c4cc(-c5ccccc5)[nH]n4)n3)[n-]n2)cc1.c1ccc(-c2cc(-c3cccc(-c4cc(-c5ccccc5)[nH]n4)n3)n[n-]2)cc1.c1ccc(-c2cc(-c3cccc(-c4cc(-c5ccccc5)[nH]n4)n3)n[n-]2)cc1.c1ccc(-c2cc(-c3cccc(-c4cc(-c5ccccc5)[nH]n4)n3)n[n-]2)cc1. The van der Waals surface area contributed by atoms with Gasteiger partial charge in [-0.3, -0.25) is 37.2 Å². The van der Waals surface area contributed by atoms with Gasteiger partial charge in [-0.15, -0.1) is 17.1 Å². The molecule has 30 nitrogen and oxygen atoms in total. The fraction of sp³-hybridized carbons (Fsp3) is 0.0213. The Morgan fingerprint density at radius 2 is 0.415 bits per heavy atom. The van der Waals surface area contributed by atoms with Gasteiger partial charge < -0.3 is 69.6 Å². The van der Waals surface area contributed by atoms with Crippen LogP contribution >= 0.6 is 0 Å². The number of nitrogens with one attached hydrogen (secondary N) is 4. The molecule has 20 rings (SSSR count). The van der Waals surface area contributed by atoms with E-state index in [4.69, 9.17) is 60.1 Å². The van der Waals surface area contributed by atoms with Gasteiger partial charge in [0, 0.05) is 33.1 Å². The molecule has 36 heteroatoms. The van der Waals surface area contributed by atoms with Gasteiger partial charge in [0.05, 0.1) is 85.4 Å². The minimum absolute atomic E-state index is 0. The Kier molecular flexibility index (Phi) is 37.6. The zero-order chi connectivity index (χ0) is 86.8. The van der Waals surface area contributed by atoms with Crippen LogP contribution in [0, 0.1) is 0 Å². The van der Waals surface area contributed by atoms with Crippen LogP contribution in [0.25, 0.3) is 181 Å². The molecular formula is C94H72N20O10S2Zn4. The number of aromatic nitrogens is 20. The number of hydrogen-bond donors (Lipinski definition) is 5. The van der Waals surface area contributed by atoms with Crippen LogP contribution in [0.4, 0.5) is 0 Å². The Labute approximate surface area is 797 Å². The molecule has 20 aromatic rings. The number of H-pyrrole nitrogens is 4. The van der Waals surface area contributed by atoms with Crippen LogP contribution in [-0.4, -0.2) is 133 Å². The Balaban J connectivity index is 0.000000184. The van der Waals surface area contributed by atoms with E-state index in [0.29, 0.717) is 0 Å². The molecule has 0 radical (unpaired) electrons. The Bertz CT molecular complexity index is 5850. The van der Waals surface area contributed by atoms with Crippen molar-refractivity contribution in [1.29, 1.82) is 0 Å². The molecule has 628 valence electrons. The summed E-state index contributed by atoms with van der Waals surface area (Å²) in [5, 5.41) is 72.1. The van der Waals surface area contributed by atoms with Crippen molar-refractivity contribution < 1.29 is 124 Å². The normalized spacial score (nSPS) is 10.4. The Morgan fingerprint density at radius 1 is 0.238 bits per heavy atom. The molecule has 8 aromatic carbocycles. The topological polar surface area (TPSA) is 486 Å². The van der Waals surface area contributed by atoms with Gasteiger partial charge in [-0.25, -0.2) is 19.9 Å². The van der Waals surface area contributed by atoms with Gasteiger partial charge in [0.15, 0.2) is 0 Å². The van der Waals surface area contributed by atoms with E-state index in [9.17, 15) is 0 Å². The fourth-order valence-electron chi connectivity index (χ4n) is 12.4. The number of aromatic amines is 4. The van der Waals surface area contributed by atoms with Crippen LogP contribution in [0.3, 0.4) is 0 Å². The first-order chi connectivity index (χ1) is 60.9. The van der Waals surface area contributed by atoms with Crippen LogP contribution in [0.1, 0.15) is 6.92 Å². The molecule has 0 saturated carbocycles. The summed E-state index contributed by atoms with van der Waals surface area (Å²) in [6, 6.07) is 120. The van der Waals surface area contributed by atoms with E-state index < -0.39 is 20.8 Å². The maximum absolute atomic E-state index is 8.52. The van der Waals surface area contributed by atoms with Crippen molar-refractivity contribution in [2.75, 3.05) is 6.61 Å². The van der Waals surface area contributed by atoms with Crippen molar-refractivity contribution in [3.63, 3.8) is 0 Å². The summed E-state index contributed by atoms with van der Waals surface area (Å²) < 4.78 is 68.2. The first-order valence-corrected chi connectivity index (χ1v) is 41.1. The van der Waals surface area contributed by atoms with Crippen molar-refractivity contribution in [1.82, 2.24) is 102 Å². The molecule has 0 atom stereocenters. The Morgan fingerprint density at radius 3 is 0.654 bits per heavy atom. The van der Waals surface area contributed by atoms with E-state index in [-0.39, 0.29) is 90.0 Å². The van der Waals surface area contributed by atoms with Gasteiger partial charge >= 0.3 is 77.9 Å². The zero-order valence-corrected chi connectivity index (χ0v) is 82.9. The van der Waals surface area contributed by atoms with E-state index in [1.54, 1.807) is 6.92 Å². The zero-order valence-electron chi connectivity index (χ0n) is 69.4. The molecule has 0 spiro atoms. The van der Waals surface area contributed by atoms with E-state index in [1.807, 2.05) is 364 Å². The molecular weight excluding hydrogens is 1890 g/mol. The third-order valence-electron chi connectivity index (χ3n) is 18.2. The second-order valence-electron chi connectivity index (χ2n) is 26.8. The molecule has 0 saturated heterocycles. The monoisotopic (exact) mass is 1960 g/mol. The van der Waals surface area contributed by atoms with Gasteiger partial charge in [0.1, 0.15) is 22.8 Å². The third-order valence-corrected chi connectivity index (χ3v) is 18.2. The molecule has 7 N–H and O–H groups in total. The van der Waals surface area contributed by atoms with Gasteiger partial charge in [0.25, 0.3) is 0 Å². The molecule has 0 unspecified atom stereocenters.